The summed E-state index contributed by atoms with van der Waals surface area (Å²) in [5, 5.41) is 12.7. The zero-order chi connectivity index (χ0) is 12.3. The van der Waals surface area contributed by atoms with Gasteiger partial charge in [0.05, 0.1) is 17.3 Å². The minimum Gasteiger partial charge on any atom is -0.279 e. The second-order valence-electron chi connectivity index (χ2n) is 3.65. The molecule has 0 aromatic heterocycles. The molecule has 0 aliphatic rings. The Labute approximate surface area is 107 Å². The van der Waals surface area contributed by atoms with Crippen LogP contribution < -0.4 is 5.43 Å². The van der Waals surface area contributed by atoms with Gasteiger partial charge in [0.15, 0.2) is 0 Å². The lowest BCUT2D eigenvalue weighted by atomic mass is 10.2. The minimum absolute atomic E-state index is 0.653. The Morgan fingerprint density at radius 2 is 2.00 bits per heavy atom. The molecule has 0 saturated carbocycles. The number of unbranched alkanes of at least 4 members (excludes halogenated alkanes) is 3. The van der Waals surface area contributed by atoms with Gasteiger partial charge in [-0.3, -0.25) is 5.43 Å². The predicted octanol–water partition coefficient (Wildman–Crippen LogP) is 3.76. The van der Waals surface area contributed by atoms with E-state index in [0.29, 0.717) is 5.56 Å². The zero-order valence-corrected chi connectivity index (χ0v) is 10.5. The summed E-state index contributed by atoms with van der Waals surface area (Å²) in [5.74, 6) is 0.737. The summed E-state index contributed by atoms with van der Waals surface area (Å²) in [7, 11) is 0. The number of alkyl halides is 1. The summed E-state index contributed by atoms with van der Waals surface area (Å²) in [6.45, 7) is 0. The van der Waals surface area contributed by atoms with Crippen LogP contribution in [0.5, 0.6) is 0 Å². The van der Waals surface area contributed by atoms with Crippen molar-refractivity contribution < 1.29 is 0 Å². The van der Waals surface area contributed by atoms with E-state index < -0.39 is 0 Å². The maximum absolute atomic E-state index is 8.64. The highest BCUT2D eigenvalue weighted by molar-refractivity contribution is 6.17. The van der Waals surface area contributed by atoms with Gasteiger partial charge in [-0.25, -0.2) is 0 Å². The molecule has 0 amide bonds. The average molecular weight is 250 g/mol. The smallest absolute Gasteiger partial charge is 0.0991 e. The summed E-state index contributed by atoms with van der Waals surface area (Å²) in [5.41, 5.74) is 4.46. The molecule has 0 aliphatic heterocycles. The van der Waals surface area contributed by atoms with Gasteiger partial charge in [-0.05, 0) is 43.5 Å². The van der Waals surface area contributed by atoms with Crippen molar-refractivity contribution in [2.75, 3.05) is 11.3 Å². The van der Waals surface area contributed by atoms with Gasteiger partial charge < -0.3 is 0 Å². The number of anilines is 1. The van der Waals surface area contributed by atoms with Gasteiger partial charge in [0, 0.05) is 12.1 Å². The number of benzene rings is 1. The van der Waals surface area contributed by atoms with Crippen LogP contribution in [0.15, 0.2) is 29.4 Å². The van der Waals surface area contributed by atoms with Gasteiger partial charge >= 0.3 is 0 Å². The SMILES string of the molecule is N#Cc1ccc(N/N=C\CCCCCCl)cc1. The molecular formula is C13H16ClN3. The second-order valence-corrected chi connectivity index (χ2v) is 4.03. The molecule has 0 heterocycles. The Balaban J connectivity index is 2.21. The topological polar surface area (TPSA) is 48.2 Å². The first-order valence-corrected chi connectivity index (χ1v) is 6.24. The monoisotopic (exact) mass is 249 g/mol. The van der Waals surface area contributed by atoms with Crippen molar-refractivity contribution in [3.05, 3.63) is 29.8 Å². The summed E-state index contributed by atoms with van der Waals surface area (Å²) < 4.78 is 0. The number of hydrazone groups is 1. The molecule has 1 aromatic carbocycles. The highest BCUT2D eigenvalue weighted by Crippen LogP contribution is 2.08. The molecule has 0 atom stereocenters. The summed E-state index contributed by atoms with van der Waals surface area (Å²) >= 11 is 5.58. The van der Waals surface area contributed by atoms with Gasteiger partial charge in [-0.2, -0.15) is 10.4 Å². The Bertz CT molecular complexity index is 379. The van der Waals surface area contributed by atoms with E-state index in [-0.39, 0.29) is 0 Å². The van der Waals surface area contributed by atoms with E-state index in [1.165, 1.54) is 0 Å². The number of halogens is 1. The van der Waals surface area contributed by atoms with E-state index >= 15 is 0 Å². The molecule has 3 nitrogen and oxygen atoms in total. The van der Waals surface area contributed by atoms with E-state index in [4.69, 9.17) is 16.9 Å². The lowest BCUT2D eigenvalue weighted by Gasteiger charge is -1.99. The van der Waals surface area contributed by atoms with Crippen LogP contribution in [0.4, 0.5) is 5.69 Å². The van der Waals surface area contributed by atoms with Crippen molar-refractivity contribution in [1.29, 1.82) is 5.26 Å². The Kier molecular flexibility index (Phi) is 6.85. The van der Waals surface area contributed by atoms with Crippen LogP contribution in [-0.4, -0.2) is 12.1 Å². The minimum atomic E-state index is 0.653. The Morgan fingerprint density at radius 3 is 2.65 bits per heavy atom. The third-order valence-corrected chi connectivity index (χ3v) is 2.53. The summed E-state index contributed by atoms with van der Waals surface area (Å²) in [4.78, 5) is 0. The molecule has 0 unspecified atom stereocenters. The first-order chi connectivity index (χ1) is 8.36. The molecule has 1 N–H and O–H groups in total. The van der Waals surface area contributed by atoms with E-state index in [1.807, 2.05) is 18.3 Å². The van der Waals surface area contributed by atoms with Crippen LogP contribution in [0.2, 0.25) is 0 Å². The van der Waals surface area contributed by atoms with Gasteiger partial charge in [-0.15, -0.1) is 11.6 Å². The number of hydrogen-bond acceptors (Lipinski definition) is 3. The third-order valence-electron chi connectivity index (χ3n) is 2.27. The van der Waals surface area contributed by atoms with Crippen molar-refractivity contribution >= 4 is 23.5 Å². The number of rotatable bonds is 7. The fourth-order valence-corrected chi connectivity index (χ4v) is 1.50. The highest BCUT2D eigenvalue weighted by atomic mass is 35.5. The van der Waals surface area contributed by atoms with Crippen LogP contribution in [-0.2, 0) is 0 Å². The highest BCUT2D eigenvalue weighted by Gasteiger charge is 1.90. The van der Waals surface area contributed by atoms with Crippen LogP contribution in [0.3, 0.4) is 0 Å². The maximum atomic E-state index is 8.64. The third kappa shape index (κ3) is 5.94. The zero-order valence-electron chi connectivity index (χ0n) is 9.69. The molecule has 1 rings (SSSR count). The van der Waals surface area contributed by atoms with Crippen LogP contribution in [0.1, 0.15) is 31.2 Å². The van der Waals surface area contributed by atoms with Crippen LogP contribution in [0.25, 0.3) is 0 Å². The number of nitrogens with one attached hydrogen (secondary N) is 1. The molecule has 0 spiro atoms. The molecule has 90 valence electrons. The van der Waals surface area contributed by atoms with Gasteiger partial charge in [0.25, 0.3) is 0 Å². The van der Waals surface area contributed by atoms with Crippen LogP contribution in [0, 0.1) is 11.3 Å². The number of hydrogen-bond donors (Lipinski definition) is 1. The largest absolute Gasteiger partial charge is 0.279 e. The standard InChI is InChI=1S/C13H16ClN3/c14-9-3-1-2-4-10-16-17-13-7-5-12(11-15)6-8-13/h5-8,10,17H,1-4,9H2/b16-10-. The van der Waals surface area contributed by atoms with Crippen LogP contribution >= 0.6 is 11.6 Å². The van der Waals surface area contributed by atoms with Crippen molar-refractivity contribution in [2.45, 2.75) is 25.7 Å². The molecule has 0 aliphatic carbocycles. The lowest BCUT2D eigenvalue weighted by molar-refractivity contribution is 0.749. The van der Waals surface area contributed by atoms with E-state index in [1.54, 1.807) is 12.1 Å². The molecule has 4 heteroatoms. The van der Waals surface area contributed by atoms with Crippen molar-refractivity contribution in [3.8, 4) is 6.07 Å². The molecule has 1 aromatic rings. The predicted molar refractivity (Wildman–Crippen MR) is 72.5 cm³/mol. The summed E-state index contributed by atoms with van der Waals surface area (Å²) in [6, 6.07) is 9.27. The Morgan fingerprint density at radius 1 is 1.24 bits per heavy atom. The molecular weight excluding hydrogens is 234 g/mol. The summed E-state index contributed by atoms with van der Waals surface area (Å²) in [6.07, 6.45) is 6.16. The van der Waals surface area contributed by atoms with E-state index in [9.17, 15) is 0 Å². The number of nitrogens with zero attached hydrogens (tertiary/aromatic N) is 2. The first kappa shape index (κ1) is 13.5. The average Bonchev–Trinajstić information content (AvgIpc) is 2.38. The first-order valence-electron chi connectivity index (χ1n) is 5.70. The van der Waals surface area contributed by atoms with E-state index in [0.717, 1.165) is 37.3 Å². The van der Waals surface area contributed by atoms with Gasteiger partial charge in [0.1, 0.15) is 0 Å². The van der Waals surface area contributed by atoms with Crippen molar-refractivity contribution in [2.24, 2.45) is 5.10 Å². The van der Waals surface area contributed by atoms with Crippen molar-refractivity contribution in [3.63, 3.8) is 0 Å². The Hall–Kier alpha value is -1.53. The quantitative estimate of drug-likeness (QED) is 0.346. The fourth-order valence-electron chi connectivity index (χ4n) is 1.31. The van der Waals surface area contributed by atoms with Gasteiger partial charge in [-0.1, -0.05) is 6.42 Å². The second kappa shape index (κ2) is 8.60. The molecule has 0 radical (unpaired) electrons. The number of nitriles is 1. The molecule has 17 heavy (non-hydrogen) atoms. The van der Waals surface area contributed by atoms with E-state index in [2.05, 4.69) is 16.6 Å². The maximum Gasteiger partial charge on any atom is 0.0991 e. The normalized spacial score (nSPS) is 10.4. The van der Waals surface area contributed by atoms with Crippen molar-refractivity contribution in [1.82, 2.24) is 0 Å². The molecule has 0 saturated heterocycles. The molecule has 0 bridgehead atoms. The lowest BCUT2D eigenvalue weighted by Crippen LogP contribution is -1.89. The fraction of sp³-hybridized carbons (Fsp3) is 0.385. The molecule has 0 fully saturated rings. The van der Waals surface area contributed by atoms with Gasteiger partial charge in [0.2, 0.25) is 0 Å².